The number of aromatic amines is 1. The molecule has 2 aromatic rings. The van der Waals surface area contributed by atoms with Gasteiger partial charge in [0, 0.05) is 37.1 Å². The summed E-state index contributed by atoms with van der Waals surface area (Å²) in [5.41, 5.74) is 1.57. The van der Waals surface area contributed by atoms with Gasteiger partial charge in [-0.1, -0.05) is 0 Å². The second-order valence-electron chi connectivity index (χ2n) is 4.77. The van der Waals surface area contributed by atoms with Crippen molar-refractivity contribution in [1.82, 2.24) is 19.9 Å². The van der Waals surface area contributed by atoms with Gasteiger partial charge < -0.3 is 4.98 Å². The number of fused-ring (bicyclic) bond motifs is 1. The quantitative estimate of drug-likeness (QED) is 0.918. The summed E-state index contributed by atoms with van der Waals surface area (Å²) in [4.78, 5) is 24.3. The number of aromatic nitrogens is 3. The van der Waals surface area contributed by atoms with E-state index in [0.717, 1.165) is 4.88 Å². The van der Waals surface area contributed by atoms with Crippen molar-refractivity contribution in [2.75, 3.05) is 6.54 Å². The molecule has 3 heterocycles. The van der Waals surface area contributed by atoms with Gasteiger partial charge in [0.15, 0.2) is 0 Å². The molecule has 1 aliphatic rings. The molecular weight excluding hydrogens is 305 g/mol. The third-order valence-electron chi connectivity index (χ3n) is 3.28. The molecule has 0 aromatic carbocycles. The van der Waals surface area contributed by atoms with E-state index in [1.165, 1.54) is 11.3 Å². The number of nitrogens with zero attached hydrogens (tertiary/aromatic N) is 3. The van der Waals surface area contributed by atoms with Crippen molar-refractivity contribution in [3.05, 3.63) is 44.0 Å². The summed E-state index contributed by atoms with van der Waals surface area (Å²) in [5, 5.41) is 0. The number of alkyl halides is 3. The summed E-state index contributed by atoms with van der Waals surface area (Å²) in [6, 6.07) is 0. The number of thiazole rings is 1. The summed E-state index contributed by atoms with van der Waals surface area (Å²) in [6.45, 7) is 1.50. The Morgan fingerprint density at radius 1 is 1.43 bits per heavy atom. The van der Waals surface area contributed by atoms with Crippen molar-refractivity contribution in [3.63, 3.8) is 0 Å². The van der Waals surface area contributed by atoms with Crippen LogP contribution < -0.4 is 5.56 Å². The second kappa shape index (κ2) is 5.23. The third-order valence-corrected chi connectivity index (χ3v) is 4.04. The zero-order chi connectivity index (χ0) is 15.0. The average Bonchev–Trinajstić information content (AvgIpc) is 2.91. The van der Waals surface area contributed by atoms with E-state index in [1.54, 1.807) is 11.7 Å². The van der Waals surface area contributed by atoms with Gasteiger partial charge >= 0.3 is 6.18 Å². The van der Waals surface area contributed by atoms with Gasteiger partial charge in [-0.25, -0.2) is 4.98 Å². The second-order valence-corrected chi connectivity index (χ2v) is 5.74. The molecule has 0 bridgehead atoms. The fourth-order valence-electron chi connectivity index (χ4n) is 2.29. The van der Waals surface area contributed by atoms with E-state index in [0.29, 0.717) is 31.6 Å². The first kappa shape index (κ1) is 14.2. The number of hydrogen-bond donors (Lipinski definition) is 1. The Hall–Kier alpha value is -1.74. The van der Waals surface area contributed by atoms with Crippen LogP contribution in [0.1, 0.15) is 22.0 Å². The number of nitrogens with one attached hydrogen (secondary N) is 1. The first-order valence-electron chi connectivity index (χ1n) is 6.22. The van der Waals surface area contributed by atoms with Crippen LogP contribution in [0.5, 0.6) is 0 Å². The molecule has 1 aliphatic heterocycles. The fourth-order valence-corrected chi connectivity index (χ4v) is 2.93. The Labute approximate surface area is 121 Å². The number of hydrogen-bond acceptors (Lipinski definition) is 5. The minimum atomic E-state index is -4.63. The van der Waals surface area contributed by atoms with Gasteiger partial charge in [0.25, 0.3) is 5.56 Å². The number of halogens is 3. The number of rotatable bonds is 2. The molecule has 0 radical (unpaired) electrons. The highest BCUT2D eigenvalue weighted by Crippen LogP contribution is 2.26. The highest BCUT2D eigenvalue weighted by molar-refractivity contribution is 7.09. The maximum Gasteiger partial charge on any atom is 0.449 e. The molecule has 0 fully saturated rings. The molecule has 0 amide bonds. The topological polar surface area (TPSA) is 61.9 Å². The van der Waals surface area contributed by atoms with Crippen LogP contribution in [-0.4, -0.2) is 26.4 Å². The molecule has 0 unspecified atom stereocenters. The summed E-state index contributed by atoms with van der Waals surface area (Å²) < 4.78 is 37.9. The summed E-state index contributed by atoms with van der Waals surface area (Å²) in [6.07, 6.45) is -2.55. The van der Waals surface area contributed by atoms with E-state index in [-0.39, 0.29) is 5.69 Å². The summed E-state index contributed by atoms with van der Waals surface area (Å²) >= 11 is 1.50. The molecule has 0 saturated carbocycles. The van der Waals surface area contributed by atoms with Gasteiger partial charge in [0.2, 0.25) is 5.82 Å². The lowest BCUT2D eigenvalue weighted by Gasteiger charge is -2.27. The predicted octanol–water partition coefficient (Wildman–Crippen LogP) is 1.80. The van der Waals surface area contributed by atoms with Gasteiger partial charge in [-0.2, -0.15) is 13.2 Å². The highest BCUT2D eigenvalue weighted by Gasteiger charge is 2.35. The largest absolute Gasteiger partial charge is 0.449 e. The van der Waals surface area contributed by atoms with Crippen LogP contribution >= 0.6 is 11.3 Å². The molecule has 21 heavy (non-hydrogen) atoms. The molecule has 112 valence electrons. The molecule has 3 rings (SSSR count). The fraction of sp³-hybridized carbons (Fsp3) is 0.417. The highest BCUT2D eigenvalue weighted by atomic mass is 32.1. The van der Waals surface area contributed by atoms with E-state index >= 15 is 0 Å². The Kier molecular flexibility index (Phi) is 3.54. The predicted molar refractivity (Wildman–Crippen MR) is 69.8 cm³/mol. The minimum absolute atomic E-state index is 0.242. The van der Waals surface area contributed by atoms with Gasteiger partial charge in [0.1, 0.15) is 0 Å². The van der Waals surface area contributed by atoms with Crippen LogP contribution in [0.15, 0.2) is 16.5 Å². The van der Waals surface area contributed by atoms with Crippen LogP contribution in [0.4, 0.5) is 13.2 Å². The van der Waals surface area contributed by atoms with Crippen LogP contribution in [0.3, 0.4) is 0 Å². The van der Waals surface area contributed by atoms with Crippen molar-refractivity contribution >= 4 is 11.3 Å². The maximum atomic E-state index is 12.6. The average molecular weight is 316 g/mol. The Bertz CT molecular complexity index is 696. The van der Waals surface area contributed by atoms with Crippen molar-refractivity contribution in [2.24, 2.45) is 0 Å². The molecule has 2 aromatic heterocycles. The summed E-state index contributed by atoms with van der Waals surface area (Å²) in [7, 11) is 0. The monoisotopic (exact) mass is 316 g/mol. The van der Waals surface area contributed by atoms with E-state index < -0.39 is 17.6 Å². The Morgan fingerprint density at radius 3 is 2.90 bits per heavy atom. The standard InChI is InChI=1S/C12H11F3N4OS/c13-12(14,15)11-17-9-1-2-19(4-7-3-16-6-21-7)5-8(9)10(20)18-11/h3,6H,1-2,4-5H2,(H,17,18,20). The number of H-pyrrole nitrogens is 1. The van der Waals surface area contributed by atoms with Crippen molar-refractivity contribution < 1.29 is 13.2 Å². The molecule has 0 atom stereocenters. The SMILES string of the molecule is O=c1[nH]c(C(F)(F)F)nc2c1CN(Cc1cncs1)CC2. The van der Waals surface area contributed by atoms with E-state index in [4.69, 9.17) is 0 Å². The first-order chi connectivity index (χ1) is 9.93. The van der Waals surface area contributed by atoms with Gasteiger partial charge in [-0.15, -0.1) is 11.3 Å². The third kappa shape index (κ3) is 2.98. The Balaban J connectivity index is 1.85. The van der Waals surface area contributed by atoms with E-state index in [1.807, 2.05) is 9.88 Å². The molecule has 9 heteroatoms. The molecule has 5 nitrogen and oxygen atoms in total. The molecule has 1 N–H and O–H groups in total. The van der Waals surface area contributed by atoms with Crippen LogP contribution in [0.2, 0.25) is 0 Å². The van der Waals surface area contributed by atoms with Crippen molar-refractivity contribution in [2.45, 2.75) is 25.7 Å². The van der Waals surface area contributed by atoms with Crippen LogP contribution in [0, 0.1) is 0 Å². The Morgan fingerprint density at radius 2 is 2.24 bits per heavy atom. The van der Waals surface area contributed by atoms with Gasteiger partial charge in [-0.05, 0) is 0 Å². The molecule has 0 saturated heterocycles. The first-order valence-corrected chi connectivity index (χ1v) is 7.10. The zero-order valence-electron chi connectivity index (χ0n) is 10.8. The normalized spacial score (nSPS) is 16.0. The lowest BCUT2D eigenvalue weighted by molar-refractivity contribution is -0.145. The lowest BCUT2D eigenvalue weighted by atomic mass is 10.1. The maximum absolute atomic E-state index is 12.6. The van der Waals surface area contributed by atoms with Crippen LogP contribution in [-0.2, 0) is 25.7 Å². The van der Waals surface area contributed by atoms with Gasteiger partial charge in [-0.3, -0.25) is 14.7 Å². The summed E-state index contributed by atoms with van der Waals surface area (Å²) in [5.74, 6) is -1.22. The van der Waals surface area contributed by atoms with Crippen molar-refractivity contribution in [3.8, 4) is 0 Å². The van der Waals surface area contributed by atoms with Crippen molar-refractivity contribution in [1.29, 1.82) is 0 Å². The molecule has 0 spiro atoms. The van der Waals surface area contributed by atoms with E-state index in [2.05, 4.69) is 9.97 Å². The van der Waals surface area contributed by atoms with Crippen LogP contribution in [0.25, 0.3) is 0 Å². The zero-order valence-corrected chi connectivity index (χ0v) is 11.6. The minimum Gasteiger partial charge on any atom is -0.303 e. The molecular formula is C12H11F3N4OS. The van der Waals surface area contributed by atoms with E-state index in [9.17, 15) is 18.0 Å². The van der Waals surface area contributed by atoms with Gasteiger partial charge in [0.05, 0.1) is 16.8 Å². The lowest BCUT2D eigenvalue weighted by Crippen LogP contribution is -2.36. The smallest absolute Gasteiger partial charge is 0.303 e. The molecule has 0 aliphatic carbocycles.